The molecule has 0 spiro atoms. The lowest BCUT2D eigenvalue weighted by Crippen LogP contribution is -2.32. The summed E-state index contributed by atoms with van der Waals surface area (Å²) in [6, 6.07) is 6.84. The third kappa shape index (κ3) is 5.91. The molecule has 27 heavy (non-hydrogen) atoms. The van der Waals surface area contributed by atoms with E-state index in [9.17, 15) is 9.59 Å². The van der Waals surface area contributed by atoms with Crippen molar-refractivity contribution in [2.45, 2.75) is 23.3 Å². The molecule has 0 radical (unpaired) electrons. The molecule has 0 unspecified atom stereocenters. The normalized spacial score (nSPS) is 16.1. The number of anilines is 1. The molecule has 2 N–H and O–H groups in total. The second-order valence-corrected chi connectivity index (χ2v) is 7.99. The van der Waals surface area contributed by atoms with Crippen LogP contribution in [0.5, 0.6) is 5.75 Å². The first-order valence-electron chi connectivity index (χ1n) is 8.44. The molecular weight excluding hydrogens is 388 g/mol. The first kappa shape index (κ1) is 19.6. The average Bonchev–Trinajstić information content (AvgIpc) is 3.36. The molecule has 1 atom stereocenters. The number of hydrogen-bond acceptors (Lipinski definition) is 8. The third-order valence-corrected chi connectivity index (χ3v) is 5.81. The van der Waals surface area contributed by atoms with Crippen molar-refractivity contribution in [2.24, 2.45) is 0 Å². The number of thioether (sulfide) groups is 1. The van der Waals surface area contributed by atoms with E-state index in [0.29, 0.717) is 27.3 Å². The van der Waals surface area contributed by atoms with Crippen molar-refractivity contribution in [2.75, 3.05) is 31.3 Å². The number of ether oxygens (including phenoxy) is 2. The first-order chi connectivity index (χ1) is 13.1. The van der Waals surface area contributed by atoms with Gasteiger partial charge in [-0.1, -0.05) is 29.2 Å². The van der Waals surface area contributed by atoms with Crippen LogP contribution >= 0.6 is 23.1 Å². The van der Waals surface area contributed by atoms with Gasteiger partial charge in [-0.25, -0.2) is 0 Å². The number of aromatic nitrogens is 2. The maximum Gasteiger partial charge on any atom is 0.257 e. The fourth-order valence-electron chi connectivity index (χ4n) is 2.46. The van der Waals surface area contributed by atoms with Gasteiger partial charge in [-0.3, -0.25) is 14.9 Å². The van der Waals surface area contributed by atoms with Crippen molar-refractivity contribution in [1.29, 1.82) is 0 Å². The van der Waals surface area contributed by atoms with Crippen LogP contribution < -0.4 is 15.4 Å². The second-order valence-electron chi connectivity index (χ2n) is 5.79. The molecule has 10 heteroatoms. The van der Waals surface area contributed by atoms with Crippen molar-refractivity contribution in [3.8, 4) is 5.75 Å². The van der Waals surface area contributed by atoms with Crippen LogP contribution in [0, 0.1) is 0 Å². The number of carbonyl (C=O) groups excluding carboxylic acids is 2. The highest BCUT2D eigenvalue weighted by Crippen LogP contribution is 2.26. The molecule has 3 rings (SSSR count). The van der Waals surface area contributed by atoms with Gasteiger partial charge in [0.05, 0.1) is 19.0 Å². The van der Waals surface area contributed by atoms with Gasteiger partial charge in [0.1, 0.15) is 5.75 Å². The van der Waals surface area contributed by atoms with Crippen LogP contribution in [-0.4, -0.2) is 54.1 Å². The zero-order valence-electron chi connectivity index (χ0n) is 14.8. The smallest absolute Gasteiger partial charge is 0.257 e. The number of nitrogens with zero attached hydrogens (tertiary/aromatic N) is 2. The molecule has 2 heterocycles. The summed E-state index contributed by atoms with van der Waals surface area (Å²) < 4.78 is 11.2. The number of hydrogen-bond donors (Lipinski definition) is 2. The van der Waals surface area contributed by atoms with Gasteiger partial charge in [0.25, 0.3) is 5.91 Å². The second kappa shape index (κ2) is 9.67. The zero-order chi connectivity index (χ0) is 19.1. The minimum Gasteiger partial charge on any atom is -0.497 e. The van der Waals surface area contributed by atoms with Crippen LogP contribution in [-0.2, 0) is 9.53 Å². The largest absolute Gasteiger partial charge is 0.497 e. The number of nitrogens with one attached hydrogen (secondary N) is 2. The van der Waals surface area contributed by atoms with Crippen LogP contribution in [0.2, 0.25) is 0 Å². The Hall–Kier alpha value is -2.17. The lowest BCUT2D eigenvalue weighted by atomic mass is 10.2. The highest BCUT2D eigenvalue weighted by atomic mass is 32.2. The highest BCUT2D eigenvalue weighted by Gasteiger charge is 2.17. The first-order valence-corrected chi connectivity index (χ1v) is 10.2. The number of amides is 2. The lowest BCUT2D eigenvalue weighted by Gasteiger charge is -2.09. The number of rotatable bonds is 8. The third-order valence-electron chi connectivity index (χ3n) is 3.84. The summed E-state index contributed by atoms with van der Waals surface area (Å²) in [4.78, 5) is 24.1. The van der Waals surface area contributed by atoms with Gasteiger partial charge >= 0.3 is 0 Å². The Morgan fingerprint density at radius 3 is 3.07 bits per heavy atom. The minimum absolute atomic E-state index is 0.0762. The molecule has 1 aliphatic heterocycles. The monoisotopic (exact) mass is 408 g/mol. The summed E-state index contributed by atoms with van der Waals surface area (Å²) in [6.07, 6.45) is 2.16. The summed E-state index contributed by atoms with van der Waals surface area (Å²) in [5.74, 6) is 0.472. The fraction of sp³-hybridized carbons (Fsp3) is 0.412. The summed E-state index contributed by atoms with van der Waals surface area (Å²) in [5.41, 5.74) is 0.465. The zero-order valence-corrected chi connectivity index (χ0v) is 16.4. The van der Waals surface area contributed by atoms with Crippen LogP contribution in [0.4, 0.5) is 5.13 Å². The summed E-state index contributed by atoms with van der Waals surface area (Å²) >= 11 is 2.51. The van der Waals surface area contributed by atoms with Gasteiger partial charge < -0.3 is 14.8 Å². The Morgan fingerprint density at radius 1 is 1.41 bits per heavy atom. The van der Waals surface area contributed by atoms with Gasteiger partial charge in [-0.15, -0.1) is 10.2 Å². The van der Waals surface area contributed by atoms with E-state index in [-0.39, 0.29) is 23.7 Å². The predicted molar refractivity (Wildman–Crippen MR) is 104 cm³/mol. The van der Waals surface area contributed by atoms with E-state index in [1.807, 2.05) is 0 Å². The molecule has 1 aromatic heterocycles. The van der Waals surface area contributed by atoms with Crippen LogP contribution in [0.3, 0.4) is 0 Å². The van der Waals surface area contributed by atoms with E-state index in [2.05, 4.69) is 20.8 Å². The summed E-state index contributed by atoms with van der Waals surface area (Å²) in [5, 5.41) is 13.9. The van der Waals surface area contributed by atoms with Crippen molar-refractivity contribution >= 4 is 40.0 Å². The van der Waals surface area contributed by atoms with E-state index in [4.69, 9.17) is 9.47 Å². The van der Waals surface area contributed by atoms with Crippen molar-refractivity contribution in [1.82, 2.24) is 15.5 Å². The molecule has 2 aromatic rings. The van der Waals surface area contributed by atoms with E-state index >= 15 is 0 Å². The molecule has 0 bridgehead atoms. The van der Waals surface area contributed by atoms with Crippen LogP contribution in [0.1, 0.15) is 23.2 Å². The summed E-state index contributed by atoms with van der Waals surface area (Å²) in [6.45, 7) is 1.31. The number of benzene rings is 1. The molecule has 1 saturated heterocycles. The lowest BCUT2D eigenvalue weighted by molar-refractivity contribution is -0.119. The SMILES string of the molecule is COc1cccc(C(=O)Nc2nnc(SCC(=O)NC[C@@H]3CCCO3)s2)c1. The van der Waals surface area contributed by atoms with E-state index in [1.165, 1.54) is 23.1 Å². The van der Waals surface area contributed by atoms with Gasteiger partial charge in [0.2, 0.25) is 11.0 Å². The Morgan fingerprint density at radius 2 is 2.30 bits per heavy atom. The molecule has 0 aliphatic carbocycles. The van der Waals surface area contributed by atoms with Gasteiger partial charge in [-0.05, 0) is 31.0 Å². The van der Waals surface area contributed by atoms with E-state index in [1.54, 1.807) is 31.4 Å². The maximum atomic E-state index is 12.3. The Labute approximate surface area is 165 Å². The van der Waals surface area contributed by atoms with Crippen molar-refractivity contribution in [3.05, 3.63) is 29.8 Å². The molecule has 2 amide bonds. The maximum absolute atomic E-state index is 12.3. The summed E-state index contributed by atoms with van der Waals surface area (Å²) in [7, 11) is 1.54. The van der Waals surface area contributed by atoms with Crippen molar-refractivity contribution in [3.63, 3.8) is 0 Å². The van der Waals surface area contributed by atoms with Gasteiger partial charge in [0.15, 0.2) is 4.34 Å². The molecule has 1 aromatic carbocycles. The number of methoxy groups -OCH3 is 1. The highest BCUT2D eigenvalue weighted by molar-refractivity contribution is 8.01. The Balaban J connectivity index is 1.44. The molecule has 8 nitrogen and oxygen atoms in total. The standard InChI is InChI=1S/C17H20N4O4S2/c1-24-12-5-2-4-11(8-12)15(23)19-16-20-21-17(27-16)26-10-14(22)18-9-13-6-3-7-25-13/h2,4-5,8,13H,3,6-7,9-10H2,1H3,(H,18,22)(H,19,20,23)/t13-/m0/s1. The topological polar surface area (TPSA) is 102 Å². The van der Waals surface area contributed by atoms with E-state index in [0.717, 1.165) is 19.4 Å². The fourth-order valence-corrected chi connectivity index (χ4v) is 4.04. The van der Waals surface area contributed by atoms with Crippen molar-refractivity contribution < 1.29 is 19.1 Å². The quantitative estimate of drug-likeness (QED) is 0.510. The Bertz CT molecular complexity index is 793. The average molecular weight is 409 g/mol. The van der Waals surface area contributed by atoms with Crippen LogP contribution in [0.15, 0.2) is 28.6 Å². The van der Waals surface area contributed by atoms with Crippen LogP contribution in [0.25, 0.3) is 0 Å². The molecular formula is C17H20N4O4S2. The van der Waals surface area contributed by atoms with Gasteiger partial charge in [0, 0.05) is 18.7 Å². The minimum atomic E-state index is -0.295. The molecule has 1 aliphatic rings. The molecule has 144 valence electrons. The predicted octanol–water partition coefficient (Wildman–Crippen LogP) is 2.19. The Kier molecular flexibility index (Phi) is 7.02. The van der Waals surface area contributed by atoms with Gasteiger partial charge in [-0.2, -0.15) is 0 Å². The van der Waals surface area contributed by atoms with E-state index < -0.39 is 0 Å². The molecule has 0 saturated carbocycles. The number of carbonyl (C=O) groups is 2. The molecule has 1 fully saturated rings.